The van der Waals surface area contributed by atoms with Gasteiger partial charge >= 0.3 is 0 Å². The number of nitrogens with zero attached hydrogens (tertiary/aromatic N) is 4. The molecule has 0 saturated carbocycles. The Hall–Kier alpha value is -5.55. The Morgan fingerprint density at radius 1 is 0.481 bits per heavy atom. The Labute approximate surface area is 320 Å². The summed E-state index contributed by atoms with van der Waals surface area (Å²) in [5.41, 5.74) is 11.0. The maximum atomic E-state index is 6.68. The number of fused-ring (bicyclic) bond motifs is 4. The van der Waals surface area contributed by atoms with Gasteiger partial charge in [0.1, 0.15) is 17.3 Å². The number of ether oxygens (including phenoxy) is 1. The maximum Gasteiger partial charge on any atom is 0.137 e. The van der Waals surface area contributed by atoms with Crippen LogP contribution in [0.1, 0.15) is 79.0 Å². The molecule has 0 fully saturated rings. The third-order valence-corrected chi connectivity index (χ3v) is 10.8. The molecule has 54 heavy (non-hydrogen) atoms. The normalized spacial score (nSPS) is 13.8. The first-order valence-corrected chi connectivity index (χ1v) is 19.2. The van der Waals surface area contributed by atoms with Crippen molar-refractivity contribution in [2.24, 2.45) is 0 Å². The van der Waals surface area contributed by atoms with E-state index in [1.165, 1.54) is 44.5 Å². The molecule has 5 heteroatoms. The second kappa shape index (κ2) is 13.1. The molecule has 2 aromatic heterocycles. The molecule has 0 spiro atoms. The highest BCUT2D eigenvalue weighted by Gasteiger charge is 2.28. The van der Waals surface area contributed by atoms with Crippen LogP contribution in [0.15, 0.2) is 128 Å². The lowest BCUT2D eigenvalue weighted by Gasteiger charge is -2.40. The van der Waals surface area contributed by atoms with E-state index in [1.807, 2.05) is 12.3 Å². The van der Waals surface area contributed by atoms with Gasteiger partial charge in [0.15, 0.2) is 0 Å². The molecule has 0 radical (unpaired) electrons. The van der Waals surface area contributed by atoms with Crippen LogP contribution in [0.25, 0.3) is 27.6 Å². The predicted molar refractivity (Wildman–Crippen MR) is 228 cm³/mol. The minimum atomic E-state index is 0.00994. The lowest BCUT2D eigenvalue weighted by atomic mass is 9.80. The molecule has 0 atom stereocenters. The SMILES string of the molecule is CC(C)(C)c1cc(N2CCN(c3cccc(Oc4ccc5c6ccccc6n(-c6cc(C(C)(C)C)ccn6)c5c4)c3)c3ccccc32)cc(C(C)(C)C)c1. The van der Waals surface area contributed by atoms with Crippen molar-refractivity contribution in [2.75, 3.05) is 22.9 Å². The Morgan fingerprint density at radius 3 is 1.74 bits per heavy atom. The number of hydrogen-bond acceptors (Lipinski definition) is 4. The van der Waals surface area contributed by atoms with Crippen LogP contribution < -0.4 is 14.5 Å². The number of aromatic nitrogens is 2. The Bertz CT molecular complexity index is 2470. The lowest BCUT2D eigenvalue weighted by molar-refractivity contribution is 0.483. The van der Waals surface area contributed by atoms with Gasteiger partial charge < -0.3 is 14.5 Å². The van der Waals surface area contributed by atoms with Gasteiger partial charge in [-0.25, -0.2) is 4.98 Å². The highest BCUT2D eigenvalue weighted by Crippen LogP contribution is 2.44. The first-order valence-electron chi connectivity index (χ1n) is 19.2. The number of pyridine rings is 1. The molecular formula is C49H52N4O. The zero-order chi connectivity index (χ0) is 38.0. The summed E-state index contributed by atoms with van der Waals surface area (Å²) < 4.78 is 8.95. The number of para-hydroxylation sites is 3. The molecule has 0 aliphatic carbocycles. The van der Waals surface area contributed by atoms with Gasteiger partial charge in [0, 0.05) is 53.6 Å². The highest BCUT2D eigenvalue weighted by atomic mass is 16.5. The van der Waals surface area contributed by atoms with Crippen LogP contribution >= 0.6 is 0 Å². The third kappa shape index (κ3) is 6.61. The van der Waals surface area contributed by atoms with Crippen LogP contribution in [0.4, 0.5) is 22.7 Å². The zero-order valence-electron chi connectivity index (χ0n) is 33.2. The molecule has 0 bridgehead atoms. The molecule has 0 amide bonds. The lowest BCUT2D eigenvalue weighted by Crippen LogP contribution is -2.36. The van der Waals surface area contributed by atoms with Crippen LogP contribution in [0.2, 0.25) is 0 Å². The second-order valence-electron chi connectivity index (χ2n) is 17.8. The molecule has 274 valence electrons. The molecule has 5 aromatic carbocycles. The fourth-order valence-corrected chi connectivity index (χ4v) is 7.65. The van der Waals surface area contributed by atoms with E-state index in [9.17, 15) is 0 Å². The van der Waals surface area contributed by atoms with E-state index in [0.29, 0.717) is 0 Å². The first-order chi connectivity index (χ1) is 25.6. The fourth-order valence-electron chi connectivity index (χ4n) is 7.65. The van der Waals surface area contributed by atoms with Crippen LogP contribution in [-0.2, 0) is 16.2 Å². The molecule has 0 saturated heterocycles. The summed E-state index contributed by atoms with van der Waals surface area (Å²) in [5, 5.41) is 2.37. The minimum Gasteiger partial charge on any atom is -0.457 e. The van der Waals surface area contributed by atoms with Crippen molar-refractivity contribution in [3.8, 4) is 17.3 Å². The Balaban J connectivity index is 1.14. The molecule has 7 aromatic rings. The third-order valence-electron chi connectivity index (χ3n) is 10.8. The largest absolute Gasteiger partial charge is 0.457 e. The number of hydrogen-bond donors (Lipinski definition) is 0. The standard InChI is InChI=1S/C49H52N4O/c1-47(2,3)33-23-24-50-46(30-33)53-42-18-11-10-17-40(42)41-22-21-39(32-45(41)53)54-38-16-14-15-36(31-38)51-25-26-52(44-20-13-12-19-43(44)51)37-28-34(48(4,5)6)27-35(29-37)49(7,8)9/h10-24,27-32H,25-26H2,1-9H3. The van der Waals surface area contributed by atoms with Gasteiger partial charge in [-0.3, -0.25) is 4.57 Å². The molecule has 5 nitrogen and oxygen atoms in total. The van der Waals surface area contributed by atoms with Crippen LogP contribution in [0, 0.1) is 0 Å². The maximum absolute atomic E-state index is 6.68. The number of anilines is 4. The van der Waals surface area contributed by atoms with Gasteiger partial charge in [0.25, 0.3) is 0 Å². The Kier molecular flexibility index (Phi) is 8.60. The van der Waals surface area contributed by atoms with Gasteiger partial charge in [0.2, 0.25) is 0 Å². The van der Waals surface area contributed by atoms with Crippen molar-refractivity contribution in [2.45, 2.75) is 78.6 Å². The monoisotopic (exact) mass is 712 g/mol. The van der Waals surface area contributed by atoms with Gasteiger partial charge in [-0.15, -0.1) is 0 Å². The van der Waals surface area contributed by atoms with Crippen molar-refractivity contribution in [1.82, 2.24) is 9.55 Å². The van der Waals surface area contributed by atoms with E-state index in [2.05, 4.69) is 192 Å². The van der Waals surface area contributed by atoms with E-state index in [0.717, 1.165) is 47.1 Å². The highest BCUT2D eigenvalue weighted by molar-refractivity contribution is 6.09. The second-order valence-corrected chi connectivity index (χ2v) is 17.8. The van der Waals surface area contributed by atoms with Gasteiger partial charge in [-0.1, -0.05) is 105 Å². The fraction of sp³-hybridized carbons (Fsp3) is 0.286. The summed E-state index contributed by atoms with van der Waals surface area (Å²) in [6, 6.07) is 43.8. The van der Waals surface area contributed by atoms with Crippen molar-refractivity contribution in [3.05, 3.63) is 144 Å². The molecule has 1 aliphatic heterocycles. The van der Waals surface area contributed by atoms with Crippen molar-refractivity contribution < 1.29 is 4.74 Å². The zero-order valence-corrected chi connectivity index (χ0v) is 33.2. The van der Waals surface area contributed by atoms with Gasteiger partial charge in [-0.2, -0.15) is 0 Å². The van der Waals surface area contributed by atoms with E-state index in [1.54, 1.807) is 0 Å². The van der Waals surface area contributed by atoms with Crippen LogP contribution in [0.5, 0.6) is 11.5 Å². The summed E-state index contributed by atoms with van der Waals surface area (Å²) in [6.07, 6.45) is 1.92. The van der Waals surface area contributed by atoms with Crippen LogP contribution in [0.3, 0.4) is 0 Å². The Morgan fingerprint density at radius 2 is 1.07 bits per heavy atom. The summed E-state index contributed by atoms with van der Waals surface area (Å²) in [7, 11) is 0. The summed E-state index contributed by atoms with van der Waals surface area (Å²) in [4.78, 5) is 9.78. The first kappa shape index (κ1) is 35.5. The predicted octanol–water partition coefficient (Wildman–Crippen LogP) is 13.2. The molecule has 8 rings (SSSR count). The average molecular weight is 713 g/mol. The molecule has 0 unspecified atom stereocenters. The topological polar surface area (TPSA) is 33.5 Å². The van der Waals surface area contributed by atoms with Crippen molar-refractivity contribution in [3.63, 3.8) is 0 Å². The van der Waals surface area contributed by atoms with E-state index < -0.39 is 0 Å². The number of rotatable bonds is 5. The smallest absolute Gasteiger partial charge is 0.137 e. The van der Waals surface area contributed by atoms with E-state index in [4.69, 9.17) is 9.72 Å². The van der Waals surface area contributed by atoms with Crippen molar-refractivity contribution >= 4 is 44.6 Å². The van der Waals surface area contributed by atoms with Gasteiger partial charge in [0.05, 0.1) is 22.4 Å². The van der Waals surface area contributed by atoms with Gasteiger partial charge in [-0.05, 0) is 99.7 Å². The summed E-state index contributed by atoms with van der Waals surface area (Å²) in [6.45, 7) is 22.3. The van der Waals surface area contributed by atoms with E-state index in [-0.39, 0.29) is 16.2 Å². The van der Waals surface area contributed by atoms with Crippen molar-refractivity contribution in [1.29, 1.82) is 0 Å². The van der Waals surface area contributed by atoms with Crippen LogP contribution in [-0.4, -0.2) is 22.6 Å². The van der Waals surface area contributed by atoms with E-state index >= 15 is 0 Å². The number of benzene rings is 5. The quantitative estimate of drug-likeness (QED) is 0.178. The minimum absolute atomic E-state index is 0.00994. The molecule has 3 heterocycles. The molecule has 0 N–H and O–H groups in total. The summed E-state index contributed by atoms with van der Waals surface area (Å²) >= 11 is 0. The summed E-state index contributed by atoms with van der Waals surface area (Å²) in [5.74, 6) is 2.50. The molecular weight excluding hydrogens is 661 g/mol. The average Bonchev–Trinajstić information content (AvgIpc) is 3.47. The molecule has 1 aliphatic rings.